The molecular weight excluding hydrogens is 403 g/mol. The zero-order chi connectivity index (χ0) is 22.7. The van der Waals surface area contributed by atoms with E-state index in [9.17, 15) is 14.0 Å². The molecule has 4 aliphatic rings. The third-order valence-electron chi connectivity index (χ3n) is 9.80. The summed E-state index contributed by atoms with van der Waals surface area (Å²) in [6, 6.07) is 6.75. The quantitative estimate of drug-likeness (QED) is 0.744. The van der Waals surface area contributed by atoms with E-state index in [1.807, 2.05) is 18.0 Å². The lowest BCUT2D eigenvalue weighted by Crippen LogP contribution is -2.59. The number of fused-ring (bicyclic) bond motifs is 5. The van der Waals surface area contributed by atoms with Gasteiger partial charge in [-0.2, -0.15) is 0 Å². The minimum Gasteiger partial charge on any atom is -0.352 e. The lowest BCUT2D eigenvalue weighted by Gasteiger charge is -2.60. The number of carbonyl (C=O) groups excluding carboxylic acids is 2. The average molecular weight is 439 g/mol. The molecule has 32 heavy (non-hydrogen) atoms. The van der Waals surface area contributed by atoms with Gasteiger partial charge in [0.2, 0.25) is 11.8 Å². The van der Waals surface area contributed by atoms with Crippen molar-refractivity contribution in [2.45, 2.75) is 65.0 Å². The molecule has 0 saturated heterocycles. The van der Waals surface area contributed by atoms with Crippen LogP contribution in [-0.4, -0.2) is 29.8 Å². The summed E-state index contributed by atoms with van der Waals surface area (Å²) in [6.07, 6.45) is 10.4. The van der Waals surface area contributed by atoms with Gasteiger partial charge in [-0.25, -0.2) is 4.39 Å². The Morgan fingerprint density at radius 3 is 2.75 bits per heavy atom. The molecule has 5 rings (SSSR count). The largest absolute Gasteiger partial charge is 0.352 e. The second-order valence-electron chi connectivity index (χ2n) is 11.1. The predicted octanol–water partition coefficient (Wildman–Crippen LogP) is 4.70. The van der Waals surface area contributed by atoms with Crippen LogP contribution in [0.1, 0.15) is 57.9 Å². The number of halogens is 1. The van der Waals surface area contributed by atoms with E-state index in [-0.39, 0.29) is 40.4 Å². The van der Waals surface area contributed by atoms with Gasteiger partial charge in [-0.1, -0.05) is 32.1 Å². The van der Waals surface area contributed by atoms with Crippen molar-refractivity contribution < 1.29 is 14.0 Å². The summed E-state index contributed by atoms with van der Waals surface area (Å²) in [4.78, 5) is 27.5. The highest BCUT2D eigenvalue weighted by Gasteiger charge is 2.61. The zero-order valence-electron chi connectivity index (χ0n) is 19.4. The molecule has 0 bridgehead atoms. The van der Waals surface area contributed by atoms with Crippen LogP contribution in [0.2, 0.25) is 0 Å². The fraction of sp³-hybridized carbons (Fsp3) is 0.630. The highest BCUT2D eigenvalue weighted by molar-refractivity contribution is 5.89. The Labute approximate surface area is 190 Å². The van der Waals surface area contributed by atoms with E-state index in [1.165, 1.54) is 12.1 Å². The molecule has 0 aromatic heterocycles. The van der Waals surface area contributed by atoms with E-state index in [4.69, 9.17) is 0 Å². The van der Waals surface area contributed by atoms with Gasteiger partial charge in [-0.3, -0.25) is 9.59 Å². The van der Waals surface area contributed by atoms with Gasteiger partial charge in [-0.05, 0) is 85.5 Å². The van der Waals surface area contributed by atoms with E-state index in [2.05, 4.69) is 25.2 Å². The van der Waals surface area contributed by atoms with E-state index in [0.29, 0.717) is 24.3 Å². The maximum Gasteiger partial charge on any atom is 0.246 e. The summed E-state index contributed by atoms with van der Waals surface area (Å²) in [5.41, 5.74) is 0.858. The normalized spacial score (nSPS) is 40.4. The standard InChI is InChI=1S/C27H35FN2O2/c1-26-13-11-21-19(7-10-23-27(21,2)14-12-24(31)30(23)3)20(26)8-9-22(26)25(32)29-16-17-5-4-6-18(28)15-17/h4-6,12,14-15,19-23H,7-11,13,16H2,1-3H3,(H,29,32)/t19-,20-,21-,22+,23+,26-,27+/m0/s1. The molecule has 7 atom stereocenters. The van der Waals surface area contributed by atoms with Crippen molar-refractivity contribution in [1.82, 2.24) is 10.2 Å². The van der Waals surface area contributed by atoms with Crippen molar-refractivity contribution >= 4 is 11.8 Å². The van der Waals surface area contributed by atoms with E-state index in [0.717, 1.165) is 44.1 Å². The molecule has 0 radical (unpaired) electrons. The number of amides is 2. The topological polar surface area (TPSA) is 49.4 Å². The summed E-state index contributed by atoms with van der Waals surface area (Å²) >= 11 is 0. The second-order valence-corrected chi connectivity index (χ2v) is 11.1. The van der Waals surface area contributed by atoms with Gasteiger partial charge in [-0.15, -0.1) is 0 Å². The molecule has 3 fully saturated rings. The molecule has 1 aromatic rings. The van der Waals surface area contributed by atoms with Gasteiger partial charge in [0, 0.05) is 31.0 Å². The summed E-state index contributed by atoms with van der Waals surface area (Å²) in [5.74, 6) is 1.75. The molecule has 0 unspecified atom stereocenters. The minimum atomic E-state index is -0.267. The molecule has 172 valence electrons. The van der Waals surface area contributed by atoms with Gasteiger partial charge in [0.15, 0.2) is 0 Å². The van der Waals surface area contributed by atoms with Crippen molar-refractivity contribution in [3.63, 3.8) is 0 Å². The Kier molecular flexibility index (Phi) is 5.22. The van der Waals surface area contributed by atoms with Crippen LogP contribution in [0.5, 0.6) is 0 Å². The third-order valence-corrected chi connectivity index (χ3v) is 9.80. The van der Waals surface area contributed by atoms with Gasteiger partial charge in [0.05, 0.1) is 0 Å². The number of hydrogen-bond donors (Lipinski definition) is 1. The zero-order valence-corrected chi connectivity index (χ0v) is 19.4. The molecule has 0 spiro atoms. The van der Waals surface area contributed by atoms with Crippen LogP contribution in [0, 0.1) is 40.3 Å². The van der Waals surface area contributed by atoms with Crippen molar-refractivity contribution in [3.05, 3.63) is 47.8 Å². The first-order chi connectivity index (χ1) is 15.2. The first-order valence-corrected chi connectivity index (χ1v) is 12.2. The van der Waals surface area contributed by atoms with E-state index >= 15 is 0 Å². The van der Waals surface area contributed by atoms with Crippen LogP contribution in [-0.2, 0) is 16.1 Å². The number of nitrogens with zero attached hydrogens (tertiary/aromatic N) is 1. The summed E-state index contributed by atoms with van der Waals surface area (Å²) in [6.45, 7) is 5.08. The van der Waals surface area contributed by atoms with Gasteiger partial charge < -0.3 is 10.2 Å². The Bertz CT molecular complexity index is 961. The van der Waals surface area contributed by atoms with Crippen molar-refractivity contribution in [1.29, 1.82) is 0 Å². The van der Waals surface area contributed by atoms with Crippen LogP contribution < -0.4 is 5.32 Å². The molecule has 3 saturated carbocycles. The van der Waals surface area contributed by atoms with Gasteiger partial charge in [0.1, 0.15) is 5.82 Å². The van der Waals surface area contributed by atoms with Crippen molar-refractivity contribution in [2.75, 3.05) is 7.05 Å². The highest BCUT2D eigenvalue weighted by atomic mass is 19.1. The SMILES string of the molecule is CN1C(=O)C=C[C@]2(C)[C@H]3CC[C@]4(C)[C@@H](C(=O)NCc5cccc(F)c5)CC[C@H]4[C@@H]3CC[C@@H]12. The first kappa shape index (κ1) is 21.7. The van der Waals surface area contributed by atoms with Crippen molar-refractivity contribution in [2.24, 2.45) is 34.5 Å². The Balaban J connectivity index is 1.32. The molecule has 3 aliphatic carbocycles. The van der Waals surface area contributed by atoms with Crippen LogP contribution in [0.4, 0.5) is 4.39 Å². The van der Waals surface area contributed by atoms with Crippen LogP contribution in [0.3, 0.4) is 0 Å². The van der Waals surface area contributed by atoms with Crippen LogP contribution >= 0.6 is 0 Å². The number of carbonyl (C=O) groups is 2. The van der Waals surface area contributed by atoms with Crippen LogP contribution in [0.25, 0.3) is 0 Å². The van der Waals surface area contributed by atoms with Crippen LogP contribution in [0.15, 0.2) is 36.4 Å². The number of hydrogen-bond acceptors (Lipinski definition) is 2. The molecule has 2 amide bonds. The van der Waals surface area contributed by atoms with Gasteiger partial charge in [0.25, 0.3) is 0 Å². The maximum absolute atomic E-state index is 13.5. The average Bonchev–Trinajstić information content (AvgIpc) is 3.12. The molecule has 1 N–H and O–H groups in total. The summed E-state index contributed by atoms with van der Waals surface area (Å²) in [7, 11) is 1.95. The smallest absolute Gasteiger partial charge is 0.246 e. The molecule has 1 aromatic carbocycles. The molecule has 4 nitrogen and oxygen atoms in total. The monoisotopic (exact) mass is 438 g/mol. The Morgan fingerprint density at radius 1 is 1.16 bits per heavy atom. The molecule has 5 heteroatoms. The number of benzene rings is 1. The highest BCUT2D eigenvalue weighted by Crippen LogP contribution is 2.65. The Hall–Kier alpha value is -2.17. The Morgan fingerprint density at radius 2 is 1.97 bits per heavy atom. The number of rotatable bonds is 3. The number of nitrogens with one attached hydrogen (secondary N) is 1. The minimum absolute atomic E-state index is 0.0243. The summed E-state index contributed by atoms with van der Waals surface area (Å²) in [5, 5.41) is 3.10. The second kappa shape index (κ2) is 7.71. The molecular formula is C27H35FN2O2. The summed E-state index contributed by atoms with van der Waals surface area (Å²) < 4.78 is 13.5. The number of likely N-dealkylation sites (N-methyl/N-ethyl adjacent to an activating group) is 1. The lowest BCUT2D eigenvalue weighted by molar-refractivity contribution is -0.142. The van der Waals surface area contributed by atoms with E-state index in [1.54, 1.807) is 12.1 Å². The third kappa shape index (κ3) is 3.22. The maximum atomic E-state index is 13.5. The van der Waals surface area contributed by atoms with Gasteiger partial charge >= 0.3 is 0 Å². The fourth-order valence-corrected chi connectivity index (χ4v) is 8.13. The molecule has 1 aliphatic heterocycles. The van der Waals surface area contributed by atoms with E-state index < -0.39 is 0 Å². The molecule has 1 heterocycles. The van der Waals surface area contributed by atoms with Crippen molar-refractivity contribution in [3.8, 4) is 0 Å². The first-order valence-electron chi connectivity index (χ1n) is 12.2. The predicted molar refractivity (Wildman–Crippen MR) is 122 cm³/mol. The lowest BCUT2D eigenvalue weighted by atomic mass is 9.47. The fourth-order valence-electron chi connectivity index (χ4n) is 8.13.